The molecule has 0 saturated carbocycles. The van der Waals surface area contributed by atoms with Gasteiger partial charge in [0, 0.05) is 45.5 Å². The van der Waals surface area contributed by atoms with Gasteiger partial charge in [0.15, 0.2) is 0 Å². The highest BCUT2D eigenvalue weighted by Gasteiger charge is 2.15. The minimum Gasteiger partial charge on any atom is -0.331 e. The van der Waals surface area contributed by atoms with Gasteiger partial charge < -0.3 is 9.47 Å². The van der Waals surface area contributed by atoms with Crippen LogP contribution in [0.5, 0.6) is 0 Å². The van der Waals surface area contributed by atoms with Crippen LogP contribution in [0.1, 0.15) is 18.4 Å². The number of hydrogen-bond acceptors (Lipinski definition) is 3. The van der Waals surface area contributed by atoms with Crippen molar-refractivity contribution in [2.45, 2.75) is 26.9 Å². The number of aryl methyl sites for hydroxylation is 1. The summed E-state index contributed by atoms with van der Waals surface area (Å²) >= 11 is 0. The highest BCUT2D eigenvalue weighted by atomic mass is 15.3. The van der Waals surface area contributed by atoms with E-state index >= 15 is 0 Å². The fraction of sp³-hybridized carbons (Fsp3) is 0.750. The molecule has 0 spiro atoms. The Balaban J connectivity index is 1.98. The fourth-order valence-electron chi connectivity index (χ4n) is 2.31. The fourth-order valence-corrected chi connectivity index (χ4v) is 2.31. The molecule has 2 rings (SSSR count). The maximum absolute atomic E-state index is 4.39. The third-order valence-corrected chi connectivity index (χ3v) is 3.44. The van der Waals surface area contributed by atoms with E-state index in [1.54, 1.807) is 0 Å². The van der Waals surface area contributed by atoms with Crippen molar-refractivity contribution in [1.29, 1.82) is 0 Å². The molecule has 1 aromatic rings. The van der Waals surface area contributed by atoms with Crippen LogP contribution in [0.4, 0.5) is 0 Å². The number of imidazole rings is 1. The lowest BCUT2D eigenvalue weighted by Crippen LogP contribution is -2.44. The molecule has 1 saturated heterocycles. The second-order valence-electron chi connectivity index (χ2n) is 4.62. The number of aromatic nitrogens is 2. The molecule has 0 unspecified atom stereocenters. The third kappa shape index (κ3) is 2.44. The second-order valence-corrected chi connectivity index (χ2v) is 4.62. The molecule has 16 heavy (non-hydrogen) atoms. The normalized spacial score (nSPS) is 19.2. The predicted molar refractivity (Wildman–Crippen MR) is 65.4 cm³/mol. The van der Waals surface area contributed by atoms with Crippen molar-refractivity contribution in [3.05, 3.63) is 17.7 Å². The lowest BCUT2D eigenvalue weighted by atomic mass is 10.3. The summed E-state index contributed by atoms with van der Waals surface area (Å²) < 4.78 is 2.30. The summed E-state index contributed by atoms with van der Waals surface area (Å²) in [5.41, 5.74) is 1.35. The molecule has 0 N–H and O–H groups in total. The molecule has 4 heteroatoms. The monoisotopic (exact) mass is 222 g/mol. The van der Waals surface area contributed by atoms with Crippen molar-refractivity contribution in [2.24, 2.45) is 0 Å². The van der Waals surface area contributed by atoms with Gasteiger partial charge in [0.2, 0.25) is 0 Å². The first kappa shape index (κ1) is 11.6. The van der Waals surface area contributed by atoms with Crippen LogP contribution in [0.15, 0.2) is 6.20 Å². The highest BCUT2D eigenvalue weighted by Crippen LogP contribution is 2.10. The van der Waals surface area contributed by atoms with Crippen molar-refractivity contribution in [1.82, 2.24) is 19.4 Å². The molecule has 4 nitrogen and oxygen atoms in total. The lowest BCUT2D eigenvalue weighted by Gasteiger charge is -2.32. The van der Waals surface area contributed by atoms with E-state index in [1.165, 1.54) is 31.9 Å². The first-order chi connectivity index (χ1) is 7.70. The zero-order valence-corrected chi connectivity index (χ0v) is 10.6. The summed E-state index contributed by atoms with van der Waals surface area (Å²) in [7, 11) is 2.19. The van der Waals surface area contributed by atoms with E-state index in [4.69, 9.17) is 0 Å². The van der Waals surface area contributed by atoms with Crippen LogP contribution in [0.2, 0.25) is 0 Å². The van der Waals surface area contributed by atoms with Crippen molar-refractivity contribution in [3.63, 3.8) is 0 Å². The van der Waals surface area contributed by atoms with E-state index in [-0.39, 0.29) is 0 Å². The van der Waals surface area contributed by atoms with Crippen LogP contribution in [-0.2, 0) is 13.1 Å². The summed E-state index contributed by atoms with van der Waals surface area (Å²) in [6.07, 6.45) is 2.02. The van der Waals surface area contributed by atoms with Gasteiger partial charge in [0.25, 0.3) is 0 Å². The van der Waals surface area contributed by atoms with Gasteiger partial charge in [-0.05, 0) is 20.9 Å². The molecule has 90 valence electrons. The van der Waals surface area contributed by atoms with E-state index in [1.807, 2.05) is 6.20 Å². The molecule has 1 aliphatic rings. The minimum atomic E-state index is 1.02. The van der Waals surface area contributed by atoms with Gasteiger partial charge in [0.05, 0.1) is 5.69 Å². The van der Waals surface area contributed by atoms with E-state index in [2.05, 4.69) is 40.2 Å². The molecule has 2 heterocycles. The number of piperazine rings is 1. The molecule has 0 radical (unpaired) electrons. The predicted octanol–water partition coefficient (Wildman–Crippen LogP) is 0.959. The standard InChI is InChI=1S/C12H22N4/c1-4-16-11(2)13-9-12(16)10-15-7-5-14(3)6-8-15/h9H,4-8,10H2,1-3H3. The Kier molecular flexibility index (Phi) is 3.61. The Hall–Kier alpha value is -0.870. The van der Waals surface area contributed by atoms with Crippen molar-refractivity contribution in [2.75, 3.05) is 33.2 Å². The van der Waals surface area contributed by atoms with Gasteiger partial charge in [-0.3, -0.25) is 4.90 Å². The first-order valence-electron chi connectivity index (χ1n) is 6.12. The van der Waals surface area contributed by atoms with Crippen molar-refractivity contribution >= 4 is 0 Å². The maximum Gasteiger partial charge on any atom is 0.105 e. The van der Waals surface area contributed by atoms with Gasteiger partial charge in [0.1, 0.15) is 5.82 Å². The summed E-state index contributed by atoms with van der Waals surface area (Å²) in [5, 5.41) is 0. The van der Waals surface area contributed by atoms with E-state index in [0.29, 0.717) is 0 Å². The minimum absolute atomic E-state index is 1.02. The maximum atomic E-state index is 4.39. The average Bonchev–Trinajstić information content (AvgIpc) is 2.63. The molecule has 0 aliphatic carbocycles. The number of nitrogens with zero attached hydrogens (tertiary/aromatic N) is 4. The van der Waals surface area contributed by atoms with E-state index in [9.17, 15) is 0 Å². The van der Waals surface area contributed by atoms with Gasteiger partial charge in [-0.2, -0.15) is 0 Å². The van der Waals surface area contributed by atoms with Gasteiger partial charge in [-0.25, -0.2) is 4.98 Å². The summed E-state index contributed by atoms with van der Waals surface area (Å²) in [4.78, 5) is 9.30. The van der Waals surface area contributed by atoms with Crippen LogP contribution in [0.3, 0.4) is 0 Å². The summed E-state index contributed by atoms with van der Waals surface area (Å²) in [5.74, 6) is 1.13. The number of rotatable bonds is 3. The zero-order chi connectivity index (χ0) is 11.5. The Morgan fingerprint density at radius 3 is 2.56 bits per heavy atom. The second kappa shape index (κ2) is 4.97. The molecule has 0 aromatic carbocycles. The van der Waals surface area contributed by atoms with Crippen molar-refractivity contribution < 1.29 is 0 Å². The smallest absolute Gasteiger partial charge is 0.105 e. The zero-order valence-electron chi connectivity index (χ0n) is 10.6. The van der Waals surface area contributed by atoms with Crippen molar-refractivity contribution in [3.8, 4) is 0 Å². The molecular weight excluding hydrogens is 200 g/mol. The van der Waals surface area contributed by atoms with Gasteiger partial charge in [-0.1, -0.05) is 0 Å². The SMILES string of the molecule is CCn1c(CN2CCN(C)CC2)cnc1C. The molecule has 0 atom stereocenters. The third-order valence-electron chi connectivity index (χ3n) is 3.44. The summed E-state index contributed by atoms with van der Waals surface area (Å²) in [6, 6.07) is 0. The Bertz CT molecular complexity index is 337. The Morgan fingerprint density at radius 2 is 1.94 bits per heavy atom. The molecule has 1 aromatic heterocycles. The largest absolute Gasteiger partial charge is 0.331 e. The quantitative estimate of drug-likeness (QED) is 0.761. The highest BCUT2D eigenvalue weighted by molar-refractivity contribution is 5.04. The number of hydrogen-bond donors (Lipinski definition) is 0. The van der Waals surface area contributed by atoms with Gasteiger partial charge in [-0.15, -0.1) is 0 Å². The van der Waals surface area contributed by atoms with Crippen LogP contribution < -0.4 is 0 Å². The van der Waals surface area contributed by atoms with E-state index < -0.39 is 0 Å². The van der Waals surface area contributed by atoms with Crippen LogP contribution in [0, 0.1) is 6.92 Å². The van der Waals surface area contributed by atoms with E-state index in [0.717, 1.165) is 18.9 Å². The molecule has 0 bridgehead atoms. The lowest BCUT2D eigenvalue weighted by molar-refractivity contribution is 0.145. The molecule has 1 aliphatic heterocycles. The average molecular weight is 222 g/mol. The topological polar surface area (TPSA) is 24.3 Å². The summed E-state index contributed by atoms with van der Waals surface area (Å²) in [6.45, 7) is 11.0. The Morgan fingerprint density at radius 1 is 1.25 bits per heavy atom. The number of likely N-dealkylation sites (N-methyl/N-ethyl adjacent to an activating group) is 1. The molecular formula is C12H22N4. The van der Waals surface area contributed by atoms with Crippen LogP contribution in [0.25, 0.3) is 0 Å². The first-order valence-corrected chi connectivity index (χ1v) is 6.12. The Labute approximate surface area is 97.9 Å². The molecule has 1 fully saturated rings. The van der Waals surface area contributed by atoms with Gasteiger partial charge >= 0.3 is 0 Å². The van der Waals surface area contributed by atoms with Crippen LogP contribution >= 0.6 is 0 Å². The molecule has 0 amide bonds. The van der Waals surface area contributed by atoms with Crippen LogP contribution in [-0.4, -0.2) is 52.6 Å².